The van der Waals surface area contributed by atoms with Gasteiger partial charge in [0.05, 0.1) is 19.0 Å². The molecule has 0 bridgehead atoms. The van der Waals surface area contributed by atoms with Crippen LogP contribution in [0.1, 0.15) is 12.5 Å². The van der Waals surface area contributed by atoms with Crippen molar-refractivity contribution < 1.29 is 23.7 Å². The summed E-state index contributed by atoms with van der Waals surface area (Å²) in [6.07, 6.45) is 1.10. The van der Waals surface area contributed by atoms with Crippen molar-refractivity contribution in [1.29, 1.82) is 0 Å². The number of fused-ring (bicyclic) bond motifs is 2. The van der Waals surface area contributed by atoms with E-state index in [0.717, 1.165) is 16.8 Å². The van der Waals surface area contributed by atoms with Crippen molar-refractivity contribution >= 4 is 17.2 Å². The lowest BCUT2D eigenvalue weighted by atomic mass is 10.1. The molecule has 0 fully saturated rings. The Kier molecular flexibility index (Phi) is 5.21. The van der Waals surface area contributed by atoms with Gasteiger partial charge in [0.25, 0.3) is 5.91 Å². The Bertz CT molecular complexity index is 1350. The average Bonchev–Trinajstić information content (AvgIpc) is 3.46. The Balaban J connectivity index is 1.33. The summed E-state index contributed by atoms with van der Waals surface area (Å²) in [6.45, 7) is 3.81. The van der Waals surface area contributed by atoms with Crippen LogP contribution in [0.2, 0.25) is 0 Å². The van der Waals surface area contributed by atoms with Crippen LogP contribution >= 0.6 is 0 Å². The van der Waals surface area contributed by atoms with Gasteiger partial charge >= 0.3 is 0 Å². The van der Waals surface area contributed by atoms with Crippen molar-refractivity contribution in [2.45, 2.75) is 20.0 Å². The zero-order valence-electron chi connectivity index (χ0n) is 18.4. The summed E-state index contributed by atoms with van der Waals surface area (Å²) in [7, 11) is 1.57. The van der Waals surface area contributed by atoms with E-state index in [2.05, 4.69) is 15.4 Å². The molecule has 2 aromatic heterocycles. The van der Waals surface area contributed by atoms with E-state index in [-0.39, 0.29) is 12.7 Å². The number of hydrogen-bond donors (Lipinski definition) is 1. The summed E-state index contributed by atoms with van der Waals surface area (Å²) in [5.41, 5.74) is 3.88. The molecular weight excluding hydrogens is 424 g/mol. The summed E-state index contributed by atoms with van der Waals surface area (Å²) in [6, 6.07) is 14.6. The molecule has 4 aromatic rings. The molecule has 0 spiro atoms. The van der Waals surface area contributed by atoms with E-state index >= 15 is 0 Å². The third-order valence-electron chi connectivity index (χ3n) is 5.32. The number of ether oxygens (including phenoxy) is 4. The molecule has 0 aliphatic carbocycles. The van der Waals surface area contributed by atoms with Gasteiger partial charge in [0.1, 0.15) is 5.75 Å². The first-order chi connectivity index (χ1) is 16.0. The van der Waals surface area contributed by atoms with Crippen LogP contribution in [0.5, 0.6) is 23.1 Å². The van der Waals surface area contributed by atoms with Crippen LogP contribution in [-0.4, -0.2) is 40.5 Å². The van der Waals surface area contributed by atoms with Gasteiger partial charge in [0.2, 0.25) is 12.7 Å². The van der Waals surface area contributed by atoms with Crippen molar-refractivity contribution in [1.82, 2.24) is 14.6 Å². The SMILES string of the molecule is COc1ccc2nc(-c3ccc(C)c(NC(=O)C(C)Oc4ccc5c(c4)OCO5)c3)cn2n1. The standard InChI is InChI=1S/C24H22N4O5/c1-14-4-5-16(19-12-28-22(25-19)8-9-23(27-28)30-3)10-18(14)26-24(29)15(2)33-17-6-7-20-21(11-17)32-13-31-20/h4-12,15H,13H2,1-3H3,(H,26,29). The second-order valence-electron chi connectivity index (χ2n) is 7.60. The Labute approximate surface area is 189 Å². The molecule has 9 heteroatoms. The summed E-state index contributed by atoms with van der Waals surface area (Å²) in [5.74, 6) is 2.02. The lowest BCUT2D eigenvalue weighted by Crippen LogP contribution is -2.30. The molecular formula is C24H22N4O5. The van der Waals surface area contributed by atoms with Gasteiger partial charge in [-0.15, -0.1) is 5.10 Å². The van der Waals surface area contributed by atoms with Gasteiger partial charge in [-0.1, -0.05) is 12.1 Å². The molecule has 1 aliphatic rings. The number of nitrogens with one attached hydrogen (secondary N) is 1. The van der Waals surface area contributed by atoms with Gasteiger partial charge in [-0.05, 0) is 43.7 Å². The highest BCUT2D eigenvalue weighted by Gasteiger charge is 2.19. The quantitative estimate of drug-likeness (QED) is 0.481. The number of amides is 1. The zero-order valence-corrected chi connectivity index (χ0v) is 18.4. The van der Waals surface area contributed by atoms with E-state index in [9.17, 15) is 4.79 Å². The molecule has 1 amide bonds. The van der Waals surface area contributed by atoms with Crippen molar-refractivity contribution in [2.24, 2.45) is 0 Å². The molecule has 33 heavy (non-hydrogen) atoms. The van der Waals surface area contributed by atoms with Gasteiger partial charge in [0, 0.05) is 23.4 Å². The molecule has 1 aliphatic heterocycles. The molecule has 0 saturated heterocycles. The van der Waals surface area contributed by atoms with Crippen LogP contribution in [0.3, 0.4) is 0 Å². The molecule has 1 unspecified atom stereocenters. The predicted octanol–water partition coefficient (Wildman–Crippen LogP) is 3.85. The number of carbonyl (C=O) groups is 1. The molecule has 1 N–H and O–H groups in total. The minimum absolute atomic E-state index is 0.181. The highest BCUT2D eigenvalue weighted by molar-refractivity contribution is 5.95. The summed E-state index contributed by atoms with van der Waals surface area (Å²) in [5, 5.41) is 7.30. The Morgan fingerprint density at radius 3 is 2.82 bits per heavy atom. The fraction of sp³-hybridized carbons (Fsp3) is 0.208. The average molecular weight is 446 g/mol. The van der Waals surface area contributed by atoms with Crippen LogP contribution in [0.25, 0.3) is 16.9 Å². The minimum atomic E-state index is -0.722. The normalized spacial score (nSPS) is 13.1. The number of methoxy groups -OCH3 is 1. The number of nitrogens with zero attached hydrogens (tertiary/aromatic N) is 3. The van der Waals surface area contributed by atoms with Crippen molar-refractivity contribution in [2.75, 3.05) is 19.2 Å². The molecule has 1 atom stereocenters. The molecule has 0 radical (unpaired) electrons. The van der Waals surface area contributed by atoms with E-state index in [1.165, 1.54) is 0 Å². The van der Waals surface area contributed by atoms with Gasteiger partial charge in [-0.2, -0.15) is 0 Å². The highest BCUT2D eigenvalue weighted by Crippen LogP contribution is 2.35. The van der Waals surface area contributed by atoms with Crippen molar-refractivity contribution in [3.63, 3.8) is 0 Å². The predicted molar refractivity (Wildman–Crippen MR) is 121 cm³/mol. The maximum atomic E-state index is 12.8. The first-order valence-electron chi connectivity index (χ1n) is 10.4. The topological polar surface area (TPSA) is 96.2 Å². The summed E-state index contributed by atoms with van der Waals surface area (Å²) >= 11 is 0. The number of hydrogen-bond acceptors (Lipinski definition) is 7. The Morgan fingerprint density at radius 2 is 1.97 bits per heavy atom. The monoisotopic (exact) mass is 446 g/mol. The second kappa shape index (κ2) is 8.34. The number of aromatic nitrogens is 3. The number of benzene rings is 2. The van der Waals surface area contributed by atoms with Crippen molar-refractivity contribution in [3.05, 3.63) is 60.3 Å². The van der Waals surface area contributed by atoms with Crippen LogP contribution in [0, 0.1) is 6.92 Å². The lowest BCUT2D eigenvalue weighted by Gasteiger charge is -2.16. The van der Waals surface area contributed by atoms with E-state index in [4.69, 9.17) is 18.9 Å². The van der Waals surface area contributed by atoms with Gasteiger partial charge in [0.15, 0.2) is 23.3 Å². The molecule has 168 valence electrons. The van der Waals surface area contributed by atoms with Crippen LogP contribution in [-0.2, 0) is 4.79 Å². The van der Waals surface area contributed by atoms with Gasteiger partial charge < -0.3 is 24.3 Å². The largest absolute Gasteiger partial charge is 0.481 e. The van der Waals surface area contributed by atoms with E-state index in [1.807, 2.05) is 37.4 Å². The van der Waals surface area contributed by atoms with E-state index < -0.39 is 6.10 Å². The first-order valence-corrected chi connectivity index (χ1v) is 10.4. The highest BCUT2D eigenvalue weighted by atomic mass is 16.7. The van der Waals surface area contributed by atoms with Gasteiger partial charge in [-0.3, -0.25) is 4.79 Å². The fourth-order valence-electron chi connectivity index (χ4n) is 3.47. The number of anilines is 1. The van der Waals surface area contributed by atoms with E-state index in [1.54, 1.807) is 42.8 Å². The second-order valence-corrected chi connectivity index (χ2v) is 7.60. The van der Waals surface area contributed by atoms with E-state index in [0.29, 0.717) is 34.5 Å². The zero-order chi connectivity index (χ0) is 22.9. The fourth-order valence-corrected chi connectivity index (χ4v) is 3.47. The number of rotatable bonds is 6. The number of carbonyl (C=O) groups excluding carboxylic acids is 1. The van der Waals surface area contributed by atoms with Crippen LogP contribution < -0.4 is 24.3 Å². The first kappa shape index (κ1) is 20.6. The summed E-state index contributed by atoms with van der Waals surface area (Å²) in [4.78, 5) is 17.4. The molecule has 3 heterocycles. The summed E-state index contributed by atoms with van der Waals surface area (Å²) < 4.78 is 23.3. The number of aryl methyl sites for hydroxylation is 1. The van der Waals surface area contributed by atoms with Gasteiger partial charge in [-0.25, -0.2) is 9.50 Å². The maximum Gasteiger partial charge on any atom is 0.265 e. The number of imidazole rings is 1. The maximum absolute atomic E-state index is 12.8. The molecule has 5 rings (SSSR count). The Morgan fingerprint density at radius 1 is 1.12 bits per heavy atom. The Hall–Kier alpha value is -4.27. The van der Waals surface area contributed by atoms with Crippen LogP contribution in [0.4, 0.5) is 5.69 Å². The smallest absolute Gasteiger partial charge is 0.265 e. The minimum Gasteiger partial charge on any atom is -0.481 e. The molecule has 2 aromatic carbocycles. The molecule has 9 nitrogen and oxygen atoms in total. The third kappa shape index (κ3) is 4.12. The third-order valence-corrected chi connectivity index (χ3v) is 5.32. The lowest BCUT2D eigenvalue weighted by molar-refractivity contribution is -0.122. The molecule has 0 saturated carbocycles. The van der Waals surface area contributed by atoms with Crippen LogP contribution in [0.15, 0.2) is 54.7 Å². The van der Waals surface area contributed by atoms with Crippen molar-refractivity contribution in [3.8, 4) is 34.4 Å².